The minimum atomic E-state index is -1.91. The number of ketones is 2. The van der Waals surface area contributed by atoms with Crippen LogP contribution in [0.4, 0.5) is 0 Å². The molecule has 4 fully saturated rings. The van der Waals surface area contributed by atoms with Gasteiger partial charge in [0.2, 0.25) is 6.29 Å². The largest absolute Gasteiger partial charge is 0.506 e. The summed E-state index contributed by atoms with van der Waals surface area (Å²) in [6.45, 7) is 16.7. The van der Waals surface area contributed by atoms with Crippen LogP contribution in [-0.2, 0) is 14.3 Å². The summed E-state index contributed by atoms with van der Waals surface area (Å²) in [6, 6.07) is 0. The number of fused-ring (bicyclic) bond motifs is 5. The molecule has 5 N–H and O–H groups in total. The maximum absolute atomic E-state index is 14.5. The Morgan fingerprint density at radius 3 is 2.23 bits per heavy atom. The summed E-state index contributed by atoms with van der Waals surface area (Å²) >= 11 is 0. The van der Waals surface area contributed by atoms with Gasteiger partial charge in [-0.3, -0.25) is 9.59 Å². The molecule has 0 aliphatic heterocycles. The number of rotatable bonds is 10. The van der Waals surface area contributed by atoms with Crippen LogP contribution in [0.2, 0.25) is 0 Å². The number of ether oxygens (including phenoxy) is 1. The van der Waals surface area contributed by atoms with Crippen LogP contribution < -0.4 is 0 Å². The van der Waals surface area contributed by atoms with Gasteiger partial charge in [0, 0.05) is 37.2 Å². The van der Waals surface area contributed by atoms with Gasteiger partial charge >= 0.3 is 0 Å². The van der Waals surface area contributed by atoms with Crippen LogP contribution in [0.3, 0.4) is 0 Å². The number of hydrogen-bond donors (Lipinski definition) is 5. The quantitative estimate of drug-likeness (QED) is 0.109. The van der Waals surface area contributed by atoms with E-state index in [0.29, 0.717) is 31.5 Å². The van der Waals surface area contributed by atoms with Gasteiger partial charge in [-0.1, -0.05) is 46.3 Å². The zero-order valence-electron chi connectivity index (χ0n) is 28.3. The third-order valence-corrected chi connectivity index (χ3v) is 13.5. The fraction of sp³-hybridized carbons (Fsp3) is 0.833. The summed E-state index contributed by atoms with van der Waals surface area (Å²) < 4.78 is 6.27. The van der Waals surface area contributed by atoms with E-state index >= 15 is 0 Å². The van der Waals surface area contributed by atoms with Crippen molar-refractivity contribution in [3.8, 4) is 0 Å². The molecule has 8 nitrogen and oxygen atoms in total. The third kappa shape index (κ3) is 5.50. The molecule has 8 heteroatoms. The third-order valence-electron chi connectivity index (χ3n) is 13.5. The smallest absolute Gasteiger partial charge is 0.218 e. The topological polar surface area (TPSA) is 145 Å². The Bertz CT molecular complexity index is 1180. The predicted molar refractivity (Wildman–Crippen MR) is 169 cm³/mol. The minimum Gasteiger partial charge on any atom is -0.506 e. The van der Waals surface area contributed by atoms with Gasteiger partial charge in [-0.2, -0.15) is 0 Å². The number of allylic oxidation sites excluding steroid dienone is 2. The van der Waals surface area contributed by atoms with Crippen molar-refractivity contribution in [2.24, 2.45) is 45.3 Å². The fourth-order valence-corrected chi connectivity index (χ4v) is 10.8. The molecule has 4 rings (SSSR count). The first-order valence-corrected chi connectivity index (χ1v) is 16.8. The first kappa shape index (κ1) is 35.1. The van der Waals surface area contributed by atoms with E-state index in [0.717, 1.165) is 37.7 Å². The van der Waals surface area contributed by atoms with Crippen LogP contribution in [0.15, 0.2) is 23.2 Å². The average molecular weight is 619 g/mol. The number of carbonyl (C=O) groups is 2. The standard InChI is InChI=1S/C36H58O8/c1-21(2)10-9-15-36(8,44-31(43)30(42)29(41)23(38)14-19-37)22-11-17-35(7)28(22)24(39)20-26-33(5)16-13-27(40)32(3,4)25(33)12-18-34(26,35)6/h10,22-23,25-26,28,31,37-38,41-43H,9,11-20H2,1-8H3/b30-29-/t22?,23-,25?,26?,28?,31+,33+,34-,35-,36+/m1/s1. The van der Waals surface area contributed by atoms with Crippen molar-refractivity contribution in [3.05, 3.63) is 23.2 Å². The highest BCUT2D eigenvalue weighted by molar-refractivity contribution is 5.86. The lowest BCUT2D eigenvalue weighted by atomic mass is 9.35. The summed E-state index contributed by atoms with van der Waals surface area (Å²) in [7, 11) is 0. The van der Waals surface area contributed by atoms with Crippen LogP contribution in [0.5, 0.6) is 0 Å². The Morgan fingerprint density at radius 2 is 1.61 bits per heavy atom. The molecule has 0 heterocycles. The SMILES string of the molecule is CC(C)=CCC[C@](C)(O[C@H](O)/C(O)=C(/O)[C@H](O)CCO)C1CC[C@]2(C)C1C(=O)CC1[C@@]3(C)CCC(=O)C(C)(C)C3CC[C@]12C. The first-order chi connectivity index (χ1) is 20.3. The van der Waals surface area contributed by atoms with Crippen LogP contribution in [-0.4, -0.2) is 61.7 Å². The number of hydrogen-bond acceptors (Lipinski definition) is 8. The summed E-state index contributed by atoms with van der Waals surface area (Å²) in [5, 5.41) is 51.2. The highest BCUT2D eigenvalue weighted by atomic mass is 16.6. The second-order valence-electron chi connectivity index (χ2n) is 16.3. The van der Waals surface area contributed by atoms with E-state index < -0.39 is 41.5 Å². The molecule has 4 unspecified atom stereocenters. The monoisotopic (exact) mass is 618 g/mol. The van der Waals surface area contributed by atoms with E-state index in [2.05, 4.69) is 40.7 Å². The van der Waals surface area contributed by atoms with E-state index in [1.54, 1.807) is 0 Å². The van der Waals surface area contributed by atoms with Gasteiger partial charge in [-0.25, -0.2) is 0 Å². The van der Waals surface area contributed by atoms with Crippen LogP contribution >= 0.6 is 0 Å². The van der Waals surface area contributed by atoms with Gasteiger partial charge in [0.15, 0.2) is 11.5 Å². The Labute approximate surface area is 264 Å². The van der Waals surface area contributed by atoms with Crippen molar-refractivity contribution in [2.45, 2.75) is 138 Å². The number of Topliss-reactive ketones (excluding diaryl/α,β-unsaturated/α-hetero) is 2. The Balaban J connectivity index is 1.70. The molecule has 0 saturated heterocycles. The average Bonchev–Trinajstić information content (AvgIpc) is 3.32. The van der Waals surface area contributed by atoms with E-state index in [1.165, 1.54) is 0 Å². The van der Waals surface area contributed by atoms with Gasteiger partial charge < -0.3 is 30.3 Å². The lowest BCUT2D eigenvalue weighted by Gasteiger charge is -2.68. The second-order valence-corrected chi connectivity index (χ2v) is 16.3. The zero-order chi connectivity index (χ0) is 33.0. The maximum atomic E-state index is 14.5. The Hall–Kier alpha value is -1.74. The summed E-state index contributed by atoms with van der Waals surface area (Å²) in [6.07, 6.45) is 4.90. The van der Waals surface area contributed by atoms with Crippen molar-refractivity contribution in [2.75, 3.05) is 6.61 Å². The van der Waals surface area contributed by atoms with Crippen molar-refractivity contribution < 1.29 is 39.9 Å². The Kier molecular flexibility index (Phi) is 9.68. The molecule has 0 amide bonds. The molecule has 0 radical (unpaired) electrons. The van der Waals surface area contributed by atoms with Gasteiger partial charge in [-0.15, -0.1) is 0 Å². The van der Waals surface area contributed by atoms with Gasteiger partial charge in [0.25, 0.3) is 0 Å². The number of carbonyl (C=O) groups excluding carboxylic acids is 2. The molecular weight excluding hydrogens is 560 g/mol. The highest BCUT2D eigenvalue weighted by Crippen LogP contribution is 2.75. The molecular formula is C36H58O8. The maximum Gasteiger partial charge on any atom is 0.218 e. The van der Waals surface area contributed by atoms with Crippen molar-refractivity contribution in [3.63, 3.8) is 0 Å². The van der Waals surface area contributed by atoms with Crippen molar-refractivity contribution >= 4 is 11.6 Å². The normalized spacial score (nSPS) is 39.7. The molecule has 10 atom stereocenters. The van der Waals surface area contributed by atoms with Gasteiger partial charge in [0.05, 0.1) is 5.60 Å². The molecule has 0 bridgehead atoms. The zero-order valence-corrected chi connectivity index (χ0v) is 28.3. The second kappa shape index (κ2) is 12.1. The van der Waals surface area contributed by atoms with E-state index in [-0.39, 0.29) is 52.1 Å². The highest BCUT2D eigenvalue weighted by Gasteiger charge is 2.71. The molecule has 4 aliphatic rings. The molecule has 0 aromatic rings. The van der Waals surface area contributed by atoms with Crippen LogP contribution in [0.25, 0.3) is 0 Å². The molecule has 44 heavy (non-hydrogen) atoms. The van der Waals surface area contributed by atoms with Gasteiger partial charge in [0.1, 0.15) is 17.7 Å². The molecule has 250 valence electrons. The molecule has 0 aromatic carbocycles. The summed E-state index contributed by atoms with van der Waals surface area (Å²) in [4.78, 5) is 27.5. The molecule has 0 spiro atoms. The first-order valence-electron chi connectivity index (χ1n) is 16.8. The number of aliphatic hydroxyl groups is 5. The Morgan fingerprint density at radius 1 is 0.977 bits per heavy atom. The van der Waals surface area contributed by atoms with E-state index in [1.807, 2.05) is 20.8 Å². The predicted octanol–water partition coefficient (Wildman–Crippen LogP) is 6.33. The minimum absolute atomic E-state index is 0.102. The summed E-state index contributed by atoms with van der Waals surface area (Å²) in [5.74, 6) is -1.27. The van der Waals surface area contributed by atoms with E-state index in [4.69, 9.17) is 9.84 Å². The van der Waals surface area contributed by atoms with Crippen molar-refractivity contribution in [1.82, 2.24) is 0 Å². The lowest BCUT2D eigenvalue weighted by Crippen LogP contribution is -2.65. The fourth-order valence-electron chi connectivity index (χ4n) is 10.8. The van der Waals surface area contributed by atoms with E-state index in [9.17, 15) is 30.0 Å². The molecule has 0 aromatic heterocycles. The van der Waals surface area contributed by atoms with Gasteiger partial charge in [-0.05, 0) is 99.7 Å². The van der Waals surface area contributed by atoms with Crippen LogP contribution in [0.1, 0.15) is 120 Å². The van der Waals surface area contributed by atoms with Crippen LogP contribution in [0, 0.1) is 45.3 Å². The summed E-state index contributed by atoms with van der Waals surface area (Å²) in [5.41, 5.74) is -0.804. The van der Waals surface area contributed by atoms with Crippen molar-refractivity contribution in [1.29, 1.82) is 0 Å². The molecule has 4 saturated carbocycles. The lowest BCUT2D eigenvalue weighted by molar-refractivity contribution is -0.223. The number of aliphatic hydroxyl groups excluding tert-OH is 5. The molecule has 4 aliphatic carbocycles.